The molecule has 0 unspecified atom stereocenters. The van der Waals surface area contributed by atoms with E-state index in [2.05, 4.69) is 205 Å². The van der Waals surface area contributed by atoms with Gasteiger partial charge in [0.15, 0.2) is 0 Å². The molecule has 0 saturated carbocycles. The number of aryl methyl sites for hydroxylation is 2. The minimum Gasteiger partial charge on any atom is -0.308 e. The van der Waals surface area contributed by atoms with Crippen molar-refractivity contribution in [2.24, 2.45) is 0 Å². The van der Waals surface area contributed by atoms with Gasteiger partial charge in [0.25, 0.3) is 0 Å². The Labute approximate surface area is 360 Å². The van der Waals surface area contributed by atoms with Gasteiger partial charge in [0.05, 0.1) is 21.5 Å². The summed E-state index contributed by atoms with van der Waals surface area (Å²) in [6, 6.07) is 75.8. The third kappa shape index (κ3) is 5.06. The van der Waals surface area contributed by atoms with E-state index >= 15 is 0 Å². The molecule has 0 N–H and O–H groups in total. The molecule has 61 heavy (non-hydrogen) atoms. The van der Waals surface area contributed by atoms with Crippen LogP contribution in [0.3, 0.4) is 0 Å². The summed E-state index contributed by atoms with van der Waals surface area (Å²) in [5.41, 5.74) is 21.7. The third-order valence-electron chi connectivity index (χ3n) is 13.9. The second-order valence-corrected chi connectivity index (χ2v) is 18.0. The molecular weight excluding hydrogens is 755 g/mol. The molecule has 2 heteroatoms. The van der Waals surface area contributed by atoms with Crippen molar-refractivity contribution in [3.8, 4) is 44.5 Å². The second kappa shape index (κ2) is 13.5. The summed E-state index contributed by atoms with van der Waals surface area (Å²) in [6.45, 7) is 0. The molecule has 3 aliphatic carbocycles. The number of benzene rings is 9. The highest BCUT2D eigenvalue weighted by atomic mass is 32.1. The molecule has 0 bridgehead atoms. The molecule has 0 atom stereocenters. The van der Waals surface area contributed by atoms with Crippen molar-refractivity contribution in [1.29, 1.82) is 0 Å². The van der Waals surface area contributed by atoms with E-state index in [1.807, 2.05) is 11.3 Å². The smallest absolute Gasteiger partial charge is 0.0726 e. The van der Waals surface area contributed by atoms with E-state index in [1.54, 1.807) is 0 Å². The van der Waals surface area contributed by atoms with E-state index in [0.29, 0.717) is 0 Å². The highest BCUT2D eigenvalue weighted by Gasteiger charge is 2.52. The first kappa shape index (κ1) is 34.8. The van der Waals surface area contributed by atoms with Gasteiger partial charge in [-0.1, -0.05) is 164 Å². The Morgan fingerprint density at radius 1 is 0.377 bits per heavy atom. The number of para-hydroxylation sites is 1. The molecule has 0 fully saturated rings. The lowest BCUT2D eigenvalue weighted by Crippen LogP contribution is -2.26. The second-order valence-electron chi connectivity index (χ2n) is 17.0. The minimum absolute atomic E-state index is 0.464. The van der Waals surface area contributed by atoms with Gasteiger partial charge in [0.1, 0.15) is 0 Å². The van der Waals surface area contributed by atoms with E-state index in [0.717, 1.165) is 5.69 Å². The lowest BCUT2D eigenvalue weighted by Gasteiger charge is -2.33. The number of hydrogen-bond donors (Lipinski definition) is 0. The minimum atomic E-state index is -0.464. The van der Waals surface area contributed by atoms with Gasteiger partial charge in [-0.3, -0.25) is 0 Å². The van der Waals surface area contributed by atoms with Gasteiger partial charge in [-0.15, -0.1) is 11.3 Å². The number of nitrogens with zero attached hydrogens (tertiary/aromatic N) is 1. The van der Waals surface area contributed by atoms with E-state index in [-0.39, 0.29) is 0 Å². The van der Waals surface area contributed by atoms with Gasteiger partial charge in [0.2, 0.25) is 0 Å². The Bertz CT molecular complexity index is 3330. The van der Waals surface area contributed by atoms with E-state index in [9.17, 15) is 0 Å². The average Bonchev–Trinajstić information content (AvgIpc) is 3.96. The Kier molecular flexibility index (Phi) is 7.71. The van der Waals surface area contributed by atoms with Crippen LogP contribution in [0.1, 0.15) is 46.2 Å². The summed E-state index contributed by atoms with van der Waals surface area (Å²) in [5.74, 6) is 0. The zero-order valence-corrected chi connectivity index (χ0v) is 34.6. The van der Waals surface area contributed by atoms with Crippen LogP contribution in [-0.2, 0) is 18.3 Å². The fourth-order valence-electron chi connectivity index (χ4n) is 11.2. The Hall–Kier alpha value is -7.00. The zero-order valence-electron chi connectivity index (χ0n) is 33.7. The largest absolute Gasteiger partial charge is 0.308 e. The summed E-state index contributed by atoms with van der Waals surface area (Å²) in [6.07, 6.45) is 4.96. The third-order valence-corrected chi connectivity index (χ3v) is 15.1. The molecule has 288 valence electrons. The first-order chi connectivity index (χ1) is 30.3. The molecular formula is C59H41NS. The molecule has 0 amide bonds. The molecule has 9 aromatic carbocycles. The molecule has 0 saturated heterocycles. The standard InChI is InChI=1S/C59H41NS/c1-2-17-43(18-3-1)60(55-27-14-23-48-47-22-9-13-28-57(47)61-58(48)55)56-37-54-50(36-49(56)40-32-29-39(30-33-40)42-34-31-38-15-4-5-16-41(38)35-42)46-21-8-12-26-53(46)59(54)51-24-10-6-19-44(51)45-20-7-11-25-52(45)59/h1-3,6-14,17-37H,4-5,15-16H2. The lowest BCUT2D eigenvalue weighted by atomic mass is 9.70. The topological polar surface area (TPSA) is 3.24 Å². The van der Waals surface area contributed by atoms with Gasteiger partial charge in [0, 0.05) is 26.7 Å². The number of hydrogen-bond acceptors (Lipinski definition) is 2. The van der Waals surface area contributed by atoms with E-state index in [1.165, 1.54) is 135 Å². The van der Waals surface area contributed by atoms with Crippen LogP contribution < -0.4 is 4.90 Å². The van der Waals surface area contributed by atoms with E-state index in [4.69, 9.17) is 0 Å². The van der Waals surface area contributed by atoms with Gasteiger partial charge in [-0.05, 0) is 134 Å². The Morgan fingerprint density at radius 3 is 1.70 bits per heavy atom. The quantitative estimate of drug-likeness (QED) is 0.168. The first-order valence-electron chi connectivity index (χ1n) is 21.7. The van der Waals surface area contributed by atoms with Gasteiger partial charge in [-0.25, -0.2) is 0 Å². The molecule has 0 aliphatic heterocycles. The average molecular weight is 796 g/mol. The SMILES string of the molecule is c1ccc(N(c2cc3c(cc2-c2ccc(-c4ccc5c(c4)CCCC5)cc2)-c2ccccc2C32c3ccccc3-c3ccccc32)c2cccc3c2sc2ccccc23)cc1. The van der Waals surface area contributed by atoms with Crippen molar-refractivity contribution in [2.45, 2.75) is 31.1 Å². The van der Waals surface area contributed by atoms with Crippen molar-refractivity contribution in [2.75, 3.05) is 4.90 Å². The van der Waals surface area contributed by atoms with Crippen LogP contribution in [0.15, 0.2) is 200 Å². The summed E-state index contributed by atoms with van der Waals surface area (Å²) >= 11 is 1.89. The molecule has 0 radical (unpaired) electrons. The fraction of sp³-hybridized carbons (Fsp3) is 0.0847. The van der Waals surface area contributed by atoms with Crippen molar-refractivity contribution in [3.63, 3.8) is 0 Å². The predicted molar refractivity (Wildman–Crippen MR) is 258 cm³/mol. The Balaban J connectivity index is 1.11. The first-order valence-corrected chi connectivity index (χ1v) is 22.5. The van der Waals surface area contributed by atoms with Crippen LogP contribution in [-0.4, -0.2) is 0 Å². The molecule has 1 aromatic heterocycles. The van der Waals surface area contributed by atoms with Crippen LogP contribution in [0.4, 0.5) is 17.1 Å². The number of thiophene rings is 1. The van der Waals surface area contributed by atoms with Crippen molar-refractivity contribution in [3.05, 3.63) is 234 Å². The van der Waals surface area contributed by atoms with Gasteiger partial charge < -0.3 is 4.90 Å². The molecule has 13 rings (SSSR count). The van der Waals surface area contributed by atoms with Gasteiger partial charge >= 0.3 is 0 Å². The Morgan fingerprint density at radius 2 is 0.967 bits per heavy atom. The van der Waals surface area contributed by atoms with Gasteiger partial charge in [-0.2, -0.15) is 0 Å². The summed E-state index contributed by atoms with van der Waals surface area (Å²) in [4.78, 5) is 2.55. The maximum absolute atomic E-state index is 2.57. The maximum atomic E-state index is 2.57. The summed E-state index contributed by atoms with van der Waals surface area (Å²) in [5, 5.41) is 2.59. The number of fused-ring (bicyclic) bond motifs is 14. The number of rotatable bonds is 5. The molecule has 1 nitrogen and oxygen atoms in total. The zero-order chi connectivity index (χ0) is 40.1. The lowest BCUT2D eigenvalue weighted by molar-refractivity contribution is 0.686. The number of anilines is 3. The summed E-state index contributed by atoms with van der Waals surface area (Å²) in [7, 11) is 0. The molecule has 1 spiro atoms. The van der Waals surface area contributed by atoms with Crippen molar-refractivity contribution in [1.82, 2.24) is 0 Å². The van der Waals surface area contributed by atoms with Crippen LogP contribution in [0.25, 0.3) is 64.7 Å². The highest BCUT2D eigenvalue weighted by molar-refractivity contribution is 7.26. The van der Waals surface area contributed by atoms with Crippen molar-refractivity contribution >= 4 is 48.6 Å². The fourth-order valence-corrected chi connectivity index (χ4v) is 12.4. The van der Waals surface area contributed by atoms with Crippen LogP contribution >= 0.6 is 11.3 Å². The molecule has 3 aliphatic rings. The summed E-state index contributed by atoms with van der Waals surface area (Å²) < 4.78 is 2.59. The molecule has 10 aromatic rings. The van der Waals surface area contributed by atoms with E-state index < -0.39 is 5.41 Å². The predicted octanol–water partition coefficient (Wildman–Crippen LogP) is 16.1. The van der Waals surface area contributed by atoms with Crippen LogP contribution in [0.2, 0.25) is 0 Å². The maximum Gasteiger partial charge on any atom is 0.0726 e. The monoisotopic (exact) mass is 795 g/mol. The molecule has 1 heterocycles. The normalized spacial score (nSPS) is 14.1. The van der Waals surface area contributed by atoms with Crippen LogP contribution in [0.5, 0.6) is 0 Å². The van der Waals surface area contributed by atoms with Crippen molar-refractivity contribution < 1.29 is 0 Å². The van der Waals surface area contributed by atoms with Crippen LogP contribution in [0, 0.1) is 0 Å². The highest BCUT2D eigenvalue weighted by Crippen LogP contribution is 2.64.